The van der Waals surface area contributed by atoms with Crippen molar-refractivity contribution in [3.63, 3.8) is 0 Å². The van der Waals surface area contributed by atoms with Crippen molar-refractivity contribution in [2.75, 3.05) is 11.9 Å². The fraction of sp³-hybridized carbons (Fsp3) is 0.125. The lowest BCUT2D eigenvalue weighted by Crippen LogP contribution is -2.34. The second kappa shape index (κ2) is 6.25. The summed E-state index contributed by atoms with van der Waals surface area (Å²) < 4.78 is 0. The molecule has 7 nitrogen and oxygen atoms in total. The second-order valence-corrected chi connectivity index (χ2v) is 6.02. The quantitative estimate of drug-likeness (QED) is 0.806. The highest BCUT2D eigenvalue weighted by Crippen LogP contribution is 2.26. The highest BCUT2D eigenvalue weighted by atomic mass is 32.1. The number of hydrogen-bond acceptors (Lipinski definition) is 6. The van der Waals surface area contributed by atoms with Gasteiger partial charge in [0, 0.05) is 24.6 Å². The molecule has 1 aromatic carbocycles. The Morgan fingerprint density at radius 2 is 1.88 bits per heavy atom. The van der Waals surface area contributed by atoms with Crippen molar-refractivity contribution in [3.8, 4) is 0 Å². The van der Waals surface area contributed by atoms with E-state index < -0.39 is 24.2 Å². The first kappa shape index (κ1) is 15.9. The van der Waals surface area contributed by atoms with Crippen LogP contribution in [0.5, 0.6) is 0 Å². The van der Waals surface area contributed by atoms with E-state index in [0.29, 0.717) is 10.6 Å². The molecule has 2 aromatic rings. The summed E-state index contributed by atoms with van der Waals surface area (Å²) >= 11 is 1.28. The Morgan fingerprint density at radius 3 is 2.54 bits per heavy atom. The molecule has 1 aromatic heterocycles. The molecule has 1 aliphatic heterocycles. The molecule has 0 radical (unpaired) electrons. The number of amides is 3. The number of nitrogens with zero attached hydrogens (tertiary/aromatic N) is 1. The molecule has 3 rings (SSSR count). The number of fused-ring (bicyclic) bond motifs is 1. The van der Waals surface area contributed by atoms with Crippen molar-refractivity contribution in [2.45, 2.75) is 6.42 Å². The summed E-state index contributed by atoms with van der Waals surface area (Å²) in [7, 11) is 0. The van der Waals surface area contributed by atoms with E-state index in [0.717, 1.165) is 4.90 Å². The number of hydrogen-bond donors (Lipinski definition) is 1. The van der Waals surface area contributed by atoms with Crippen molar-refractivity contribution in [1.82, 2.24) is 4.90 Å². The molecule has 1 aliphatic rings. The SMILES string of the molecule is O=C([O-])CCN1C(=O)c2ccc(NC(=O)c3cccs3)cc2C1=O. The third kappa shape index (κ3) is 2.91. The molecule has 0 spiro atoms. The first-order valence-electron chi connectivity index (χ1n) is 7.02. The van der Waals surface area contributed by atoms with Gasteiger partial charge in [-0.15, -0.1) is 11.3 Å². The van der Waals surface area contributed by atoms with E-state index in [2.05, 4.69) is 5.32 Å². The lowest BCUT2D eigenvalue weighted by molar-refractivity contribution is -0.305. The van der Waals surface area contributed by atoms with Crippen molar-refractivity contribution in [1.29, 1.82) is 0 Å². The minimum Gasteiger partial charge on any atom is -0.550 e. The summed E-state index contributed by atoms with van der Waals surface area (Å²) in [6.45, 7) is -0.244. The van der Waals surface area contributed by atoms with Crippen LogP contribution in [-0.2, 0) is 4.79 Å². The number of benzene rings is 1. The maximum Gasteiger partial charge on any atom is 0.265 e. The van der Waals surface area contributed by atoms with Gasteiger partial charge in [0.2, 0.25) is 0 Å². The largest absolute Gasteiger partial charge is 0.550 e. The van der Waals surface area contributed by atoms with E-state index in [1.807, 2.05) is 0 Å². The van der Waals surface area contributed by atoms with E-state index in [1.54, 1.807) is 17.5 Å². The van der Waals surface area contributed by atoms with Gasteiger partial charge in [0.25, 0.3) is 17.7 Å². The van der Waals surface area contributed by atoms with E-state index in [4.69, 9.17) is 0 Å². The van der Waals surface area contributed by atoms with Gasteiger partial charge in [-0.1, -0.05) is 6.07 Å². The van der Waals surface area contributed by atoms with Crippen LogP contribution in [0.1, 0.15) is 36.8 Å². The molecule has 3 amide bonds. The topological polar surface area (TPSA) is 107 Å². The van der Waals surface area contributed by atoms with E-state index in [-0.39, 0.29) is 23.6 Å². The van der Waals surface area contributed by atoms with Crippen LogP contribution in [-0.4, -0.2) is 35.1 Å². The molecule has 0 bridgehead atoms. The zero-order valence-electron chi connectivity index (χ0n) is 12.3. The minimum atomic E-state index is -1.34. The van der Waals surface area contributed by atoms with Gasteiger partial charge in [-0.2, -0.15) is 0 Å². The molecular formula is C16H11N2O5S-. The number of thiophene rings is 1. The normalized spacial score (nSPS) is 13.1. The lowest BCUT2D eigenvalue weighted by Gasteiger charge is -2.13. The Bertz CT molecular complexity index is 844. The average molecular weight is 343 g/mol. The molecule has 122 valence electrons. The maximum atomic E-state index is 12.3. The van der Waals surface area contributed by atoms with Crippen molar-refractivity contribution >= 4 is 40.7 Å². The predicted octanol–water partition coefficient (Wildman–Crippen LogP) is 0.736. The molecule has 0 aliphatic carbocycles. The van der Waals surface area contributed by atoms with Gasteiger partial charge in [0.1, 0.15) is 0 Å². The number of carboxylic acid groups (broad SMARTS) is 1. The van der Waals surface area contributed by atoms with Crippen LogP contribution in [0, 0.1) is 0 Å². The third-order valence-corrected chi connectivity index (χ3v) is 4.38. The second-order valence-electron chi connectivity index (χ2n) is 5.08. The Kier molecular flexibility index (Phi) is 4.13. The van der Waals surface area contributed by atoms with Crippen LogP contribution in [0.15, 0.2) is 35.7 Å². The molecule has 0 saturated carbocycles. The summed E-state index contributed by atoms with van der Waals surface area (Å²) in [4.78, 5) is 48.4. The number of carbonyl (C=O) groups is 4. The van der Waals surface area contributed by atoms with Gasteiger partial charge in [-0.05, 0) is 29.6 Å². The van der Waals surface area contributed by atoms with Crippen LogP contribution in [0.3, 0.4) is 0 Å². The lowest BCUT2D eigenvalue weighted by atomic mass is 10.1. The fourth-order valence-electron chi connectivity index (χ4n) is 2.38. The summed E-state index contributed by atoms with van der Waals surface area (Å²) in [6, 6.07) is 7.81. The van der Waals surface area contributed by atoms with Crippen LogP contribution >= 0.6 is 11.3 Å². The molecule has 2 heterocycles. The Hall–Kier alpha value is -3.00. The van der Waals surface area contributed by atoms with Gasteiger partial charge in [-0.3, -0.25) is 19.3 Å². The number of imide groups is 1. The van der Waals surface area contributed by atoms with Crippen molar-refractivity contribution < 1.29 is 24.3 Å². The summed E-state index contributed by atoms with van der Waals surface area (Å²) in [5.74, 6) is -2.78. The molecule has 0 atom stereocenters. The van der Waals surface area contributed by atoms with Crippen LogP contribution in [0.25, 0.3) is 0 Å². The number of anilines is 1. The summed E-state index contributed by atoms with van der Waals surface area (Å²) in [5, 5.41) is 15.0. The average Bonchev–Trinajstić information content (AvgIpc) is 3.15. The van der Waals surface area contributed by atoms with Gasteiger partial charge in [0.15, 0.2) is 0 Å². The number of carbonyl (C=O) groups excluding carboxylic acids is 4. The minimum absolute atomic E-state index is 0.141. The van der Waals surface area contributed by atoms with Gasteiger partial charge < -0.3 is 15.2 Å². The fourth-order valence-corrected chi connectivity index (χ4v) is 2.99. The molecular weight excluding hydrogens is 332 g/mol. The number of carboxylic acids is 1. The van der Waals surface area contributed by atoms with Crippen molar-refractivity contribution in [2.24, 2.45) is 0 Å². The first-order chi connectivity index (χ1) is 11.5. The molecule has 1 N–H and O–H groups in total. The van der Waals surface area contributed by atoms with Crippen molar-refractivity contribution in [3.05, 3.63) is 51.7 Å². The number of nitrogens with one attached hydrogen (secondary N) is 1. The molecule has 24 heavy (non-hydrogen) atoms. The highest BCUT2D eigenvalue weighted by Gasteiger charge is 2.35. The van der Waals surface area contributed by atoms with Crippen LogP contribution in [0.2, 0.25) is 0 Å². The van der Waals surface area contributed by atoms with Crippen LogP contribution in [0.4, 0.5) is 5.69 Å². The van der Waals surface area contributed by atoms with Gasteiger partial charge in [-0.25, -0.2) is 0 Å². The van der Waals surface area contributed by atoms with Gasteiger partial charge in [0.05, 0.1) is 16.0 Å². The van der Waals surface area contributed by atoms with Crippen LogP contribution < -0.4 is 10.4 Å². The molecule has 0 saturated heterocycles. The summed E-state index contributed by atoms with van der Waals surface area (Å²) in [6.07, 6.45) is -0.423. The highest BCUT2D eigenvalue weighted by molar-refractivity contribution is 7.12. The maximum absolute atomic E-state index is 12.3. The third-order valence-electron chi connectivity index (χ3n) is 3.51. The number of aliphatic carboxylic acids is 1. The molecule has 0 unspecified atom stereocenters. The van der Waals surface area contributed by atoms with E-state index >= 15 is 0 Å². The monoisotopic (exact) mass is 343 g/mol. The predicted molar refractivity (Wildman–Crippen MR) is 83.7 cm³/mol. The Balaban J connectivity index is 1.80. The Labute approximate surface area is 140 Å². The van der Waals surface area contributed by atoms with E-state index in [1.165, 1.54) is 29.5 Å². The zero-order valence-corrected chi connectivity index (χ0v) is 13.1. The van der Waals surface area contributed by atoms with E-state index in [9.17, 15) is 24.3 Å². The Morgan fingerprint density at radius 1 is 1.12 bits per heavy atom. The van der Waals surface area contributed by atoms with Gasteiger partial charge >= 0.3 is 0 Å². The molecule has 8 heteroatoms. The summed E-state index contributed by atoms with van der Waals surface area (Å²) in [5.41, 5.74) is 0.713. The molecule has 0 fully saturated rings. The first-order valence-corrected chi connectivity index (χ1v) is 7.90. The smallest absolute Gasteiger partial charge is 0.265 e. The number of rotatable bonds is 5. The standard InChI is InChI=1S/C16H12N2O5S/c19-13(20)5-6-18-15(22)10-4-3-9(8-11(10)16(18)23)17-14(21)12-2-1-7-24-12/h1-4,7-8H,5-6H2,(H,17,21)(H,19,20)/p-1. The zero-order chi connectivity index (χ0) is 17.3.